The highest BCUT2D eigenvalue weighted by molar-refractivity contribution is 5.77. The first-order valence-electron chi connectivity index (χ1n) is 10.0. The van der Waals surface area contributed by atoms with Gasteiger partial charge in [-0.1, -0.05) is 49.2 Å². The molecule has 4 nitrogen and oxygen atoms in total. The van der Waals surface area contributed by atoms with Crippen LogP contribution in [0.25, 0.3) is 0 Å². The van der Waals surface area contributed by atoms with E-state index in [9.17, 15) is 4.79 Å². The monoisotopic (exact) mass is 365 g/mol. The number of ether oxygens (including phenoxy) is 2. The molecule has 1 amide bonds. The van der Waals surface area contributed by atoms with E-state index in [1.54, 1.807) is 0 Å². The van der Waals surface area contributed by atoms with Crippen LogP contribution in [0.15, 0.2) is 48.5 Å². The zero-order valence-corrected chi connectivity index (χ0v) is 15.7. The van der Waals surface area contributed by atoms with Gasteiger partial charge in [0.2, 0.25) is 5.91 Å². The lowest BCUT2D eigenvalue weighted by Crippen LogP contribution is -2.35. The van der Waals surface area contributed by atoms with Crippen molar-refractivity contribution >= 4 is 5.91 Å². The van der Waals surface area contributed by atoms with Gasteiger partial charge in [0, 0.05) is 13.0 Å². The molecule has 2 aliphatic rings. The predicted molar refractivity (Wildman–Crippen MR) is 105 cm³/mol. The summed E-state index contributed by atoms with van der Waals surface area (Å²) < 4.78 is 11.2. The van der Waals surface area contributed by atoms with Gasteiger partial charge in [-0.25, -0.2) is 0 Å². The molecule has 1 saturated heterocycles. The number of hydrogen-bond acceptors (Lipinski definition) is 3. The van der Waals surface area contributed by atoms with Crippen LogP contribution in [0.3, 0.4) is 0 Å². The van der Waals surface area contributed by atoms with Gasteiger partial charge in [-0.15, -0.1) is 0 Å². The van der Waals surface area contributed by atoms with Crippen molar-refractivity contribution in [3.8, 4) is 11.5 Å². The second-order valence-electron chi connectivity index (χ2n) is 7.34. The van der Waals surface area contributed by atoms with Crippen molar-refractivity contribution in [3.05, 3.63) is 59.7 Å². The minimum Gasteiger partial charge on any atom is -0.486 e. The highest BCUT2D eigenvalue weighted by Crippen LogP contribution is 2.32. The molecule has 1 atom stereocenters. The minimum atomic E-state index is 0.210. The molecule has 0 saturated carbocycles. The van der Waals surface area contributed by atoms with E-state index in [0.717, 1.165) is 42.9 Å². The van der Waals surface area contributed by atoms with Crippen molar-refractivity contribution in [2.75, 3.05) is 19.8 Å². The molecule has 2 aromatic carbocycles. The molecule has 2 aliphatic heterocycles. The molecule has 0 aromatic heterocycles. The fourth-order valence-electron chi connectivity index (χ4n) is 4.07. The van der Waals surface area contributed by atoms with Gasteiger partial charge in [-0.2, -0.15) is 0 Å². The van der Waals surface area contributed by atoms with E-state index < -0.39 is 0 Å². The van der Waals surface area contributed by atoms with E-state index >= 15 is 0 Å². The van der Waals surface area contributed by atoms with Gasteiger partial charge >= 0.3 is 0 Å². The maximum absolute atomic E-state index is 13.1. The number of benzene rings is 2. The van der Waals surface area contributed by atoms with E-state index in [-0.39, 0.29) is 11.9 Å². The average molecular weight is 365 g/mol. The van der Waals surface area contributed by atoms with Crippen molar-refractivity contribution in [1.29, 1.82) is 0 Å². The number of carbonyl (C=O) groups excluding carboxylic acids is 1. The van der Waals surface area contributed by atoms with Gasteiger partial charge in [-0.3, -0.25) is 4.79 Å². The van der Waals surface area contributed by atoms with Crippen LogP contribution >= 0.6 is 0 Å². The maximum atomic E-state index is 13.1. The highest BCUT2D eigenvalue weighted by Gasteiger charge is 2.26. The second kappa shape index (κ2) is 8.47. The normalized spacial score (nSPS) is 19.4. The Morgan fingerprint density at radius 2 is 1.78 bits per heavy atom. The van der Waals surface area contributed by atoms with Crippen LogP contribution in [0, 0.1) is 0 Å². The van der Waals surface area contributed by atoms with Crippen molar-refractivity contribution in [1.82, 2.24) is 4.90 Å². The number of amides is 1. The number of likely N-dealkylation sites (tertiary alicyclic amines) is 1. The topological polar surface area (TPSA) is 38.8 Å². The fraction of sp³-hybridized carbons (Fsp3) is 0.435. The van der Waals surface area contributed by atoms with E-state index in [0.29, 0.717) is 19.6 Å². The third kappa shape index (κ3) is 4.26. The van der Waals surface area contributed by atoms with Crippen LogP contribution in [0.4, 0.5) is 0 Å². The third-order valence-corrected chi connectivity index (χ3v) is 5.49. The fourth-order valence-corrected chi connectivity index (χ4v) is 4.07. The number of hydrogen-bond donors (Lipinski definition) is 0. The SMILES string of the molecule is O=C(CCc1ccc2c(c1)OCCO2)N1CCCCCC1c1ccccc1. The summed E-state index contributed by atoms with van der Waals surface area (Å²) in [5, 5.41) is 0. The van der Waals surface area contributed by atoms with E-state index in [1.807, 2.05) is 24.3 Å². The quantitative estimate of drug-likeness (QED) is 0.799. The van der Waals surface area contributed by atoms with E-state index in [4.69, 9.17) is 9.47 Å². The number of rotatable bonds is 4. The van der Waals surface area contributed by atoms with E-state index in [2.05, 4.69) is 29.2 Å². The van der Waals surface area contributed by atoms with Crippen molar-refractivity contribution in [2.45, 2.75) is 44.6 Å². The third-order valence-electron chi connectivity index (χ3n) is 5.49. The molecule has 0 N–H and O–H groups in total. The molecule has 0 spiro atoms. The summed E-state index contributed by atoms with van der Waals surface area (Å²) in [6.07, 6.45) is 5.80. The first kappa shape index (κ1) is 17.9. The molecule has 1 unspecified atom stereocenters. The Balaban J connectivity index is 1.44. The summed E-state index contributed by atoms with van der Waals surface area (Å²) in [7, 11) is 0. The molecule has 142 valence electrons. The van der Waals surface area contributed by atoms with Crippen molar-refractivity contribution < 1.29 is 14.3 Å². The molecule has 0 radical (unpaired) electrons. The molecule has 0 bridgehead atoms. The molecular formula is C23H27NO3. The van der Waals surface area contributed by atoms with Crippen LogP contribution < -0.4 is 9.47 Å². The Morgan fingerprint density at radius 3 is 2.63 bits per heavy atom. The van der Waals surface area contributed by atoms with Gasteiger partial charge in [0.05, 0.1) is 6.04 Å². The highest BCUT2D eigenvalue weighted by atomic mass is 16.6. The second-order valence-corrected chi connectivity index (χ2v) is 7.34. The van der Waals surface area contributed by atoms with Crippen LogP contribution in [0.1, 0.15) is 49.3 Å². The van der Waals surface area contributed by atoms with Crippen LogP contribution in [-0.4, -0.2) is 30.6 Å². The lowest BCUT2D eigenvalue weighted by Gasteiger charge is -2.30. The number of aryl methyl sites for hydroxylation is 1. The largest absolute Gasteiger partial charge is 0.486 e. The minimum absolute atomic E-state index is 0.210. The Labute approximate surface area is 161 Å². The molecule has 2 aromatic rings. The van der Waals surface area contributed by atoms with Gasteiger partial charge < -0.3 is 14.4 Å². The van der Waals surface area contributed by atoms with Crippen molar-refractivity contribution in [3.63, 3.8) is 0 Å². The summed E-state index contributed by atoms with van der Waals surface area (Å²) in [4.78, 5) is 15.2. The molecular weight excluding hydrogens is 338 g/mol. The average Bonchev–Trinajstić information content (AvgIpc) is 2.99. The molecule has 0 aliphatic carbocycles. The molecule has 27 heavy (non-hydrogen) atoms. The van der Waals surface area contributed by atoms with Gasteiger partial charge in [0.15, 0.2) is 11.5 Å². The van der Waals surface area contributed by atoms with Gasteiger partial charge in [0.25, 0.3) is 0 Å². The predicted octanol–water partition coefficient (Wildman–Crippen LogP) is 4.53. The Bertz CT molecular complexity index is 774. The number of carbonyl (C=O) groups is 1. The first-order valence-corrected chi connectivity index (χ1v) is 10.0. The Morgan fingerprint density at radius 1 is 0.963 bits per heavy atom. The summed E-state index contributed by atoms with van der Waals surface area (Å²) in [5.41, 5.74) is 2.38. The van der Waals surface area contributed by atoms with E-state index in [1.165, 1.54) is 18.4 Å². The molecule has 1 fully saturated rings. The number of fused-ring (bicyclic) bond motifs is 1. The zero-order valence-electron chi connectivity index (χ0n) is 15.7. The lowest BCUT2D eigenvalue weighted by atomic mass is 10.00. The number of nitrogens with zero attached hydrogens (tertiary/aromatic N) is 1. The lowest BCUT2D eigenvalue weighted by molar-refractivity contribution is -0.133. The Hall–Kier alpha value is -2.49. The van der Waals surface area contributed by atoms with Crippen LogP contribution in [-0.2, 0) is 11.2 Å². The molecule has 4 heteroatoms. The van der Waals surface area contributed by atoms with Gasteiger partial charge in [0.1, 0.15) is 13.2 Å². The van der Waals surface area contributed by atoms with Crippen LogP contribution in [0.2, 0.25) is 0 Å². The zero-order chi connectivity index (χ0) is 18.5. The summed E-state index contributed by atoms with van der Waals surface area (Å²) in [6.45, 7) is 2.04. The van der Waals surface area contributed by atoms with Gasteiger partial charge in [-0.05, 0) is 42.5 Å². The maximum Gasteiger partial charge on any atom is 0.223 e. The summed E-state index contributed by atoms with van der Waals surface area (Å²) in [6, 6.07) is 16.7. The first-order chi connectivity index (χ1) is 13.3. The molecule has 2 heterocycles. The standard InChI is InChI=1S/C23H27NO3/c25-23(13-11-18-10-12-21-22(17-18)27-16-15-26-21)24-14-6-2-5-9-20(24)19-7-3-1-4-8-19/h1,3-4,7-8,10,12,17,20H,2,5-6,9,11,13-16H2. The smallest absolute Gasteiger partial charge is 0.223 e. The van der Waals surface area contributed by atoms with Crippen LogP contribution in [0.5, 0.6) is 11.5 Å². The summed E-state index contributed by atoms with van der Waals surface area (Å²) in [5.74, 6) is 1.84. The summed E-state index contributed by atoms with van der Waals surface area (Å²) >= 11 is 0. The Kier molecular flexibility index (Phi) is 5.61. The molecule has 4 rings (SSSR count). The van der Waals surface area contributed by atoms with Crippen molar-refractivity contribution in [2.24, 2.45) is 0 Å².